The molecule has 4 heteroatoms. The monoisotopic (exact) mass is 333 g/mol. The average molecular weight is 333 g/mol. The van der Waals surface area contributed by atoms with E-state index in [9.17, 15) is 4.79 Å². The lowest BCUT2D eigenvalue weighted by Crippen LogP contribution is -2.23. The van der Waals surface area contributed by atoms with Gasteiger partial charge < -0.3 is 4.74 Å². The lowest BCUT2D eigenvalue weighted by atomic mass is 10.2. The van der Waals surface area contributed by atoms with Gasteiger partial charge in [-0.3, -0.25) is 0 Å². The van der Waals surface area contributed by atoms with Gasteiger partial charge in [0, 0.05) is 5.75 Å². The fourth-order valence-corrected chi connectivity index (χ4v) is 2.94. The molecule has 0 aromatic heterocycles. The molecular weight excluding hydrogens is 306 g/mol. The largest absolute Gasteiger partial charge is 0.444 e. The standard InChI is InChI=1S/C19H27NO2S/c1-4-6-7-11-15-23-20(17(3)12-5-2)19(21)22-16-18-13-9-8-10-14-18/h5,8-10,13-14H,4,6-7,11,15-16H2,1-3H3. The molecule has 1 rings (SSSR count). The second kappa shape index (κ2) is 11.9. The van der Waals surface area contributed by atoms with Gasteiger partial charge in [-0.25, -0.2) is 9.10 Å². The Morgan fingerprint density at radius 2 is 2.00 bits per heavy atom. The average Bonchev–Trinajstić information content (AvgIpc) is 2.57. The molecule has 0 aliphatic heterocycles. The first-order valence-corrected chi connectivity index (χ1v) is 9.15. The van der Waals surface area contributed by atoms with E-state index in [-0.39, 0.29) is 12.7 Å². The Balaban J connectivity index is 2.56. The van der Waals surface area contributed by atoms with Crippen molar-refractivity contribution in [1.29, 1.82) is 0 Å². The van der Waals surface area contributed by atoms with Gasteiger partial charge in [-0.05, 0) is 43.9 Å². The van der Waals surface area contributed by atoms with Crippen LogP contribution in [0.5, 0.6) is 0 Å². The Labute approximate surface area is 144 Å². The van der Waals surface area contributed by atoms with Gasteiger partial charge in [-0.15, -0.1) is 5.73 Å². The maximum absolute atomic E-state index is 12.4. The van der Waals surface area contributed by atoms with Crippen LogP contribution in [0.1, 0.15) is 52.0 Å². The van der Waals surface area contributed by atoms with Crippen molar-refractivity contribution >= 4 is 18.0 Å². The van der Waals surface area contributed by atoms with Crippen LogP contribution in [0.3, 0.4) is 0 Å². The van der Waals surface area contributed by atoms with Crippen molar-refractivity contribution in [2.45, 2.75) is 53.1 Å². The van der Waals surface area contributed by atoms with Gasteiger partial charge >= 0.3 is 6.09 Å². The van der Waals surface area contributed by atoms with Crippen LogP contribution in [0.25, 0.3) is 0 Å². The van der Waals surface area contributed by atoms with Crippen molar-refractivity contribution in [2.24, 2.45) is 0 Å². The molecule has 0 bridgehead atoms. The van der Waals surface area contributed by atoms with Crippen molar-refractivity contribution < 1.29 is 9.53 Å². The third-order valence-corrected chi connectivity index (χ3v) is 4.40. The van der Waals surface area contributed by atoms with Crippen molar-refractivity contribution in [2.75, 3.05) is 5.75 Å². The number of ether oxygens (including phenoxy) is 1. The van der Waals surface area contributed by atoms with E-state index in [1.807, 2.05) is 50.3 Å². The Morgan fingerprint density at radius 3 is 2.65 bits per heavy atom. The highest BCUT2D eigenvalue weighted by molar-refractivity contribution is 7.97. The van der Waals surface area contributed by atoms with Gasteiger partial charge in [0.2, 0.25) is 0 Å². The fourth-order valence-electron chi connectivity index (χ4n) is 2.02. The van der Waals surface area contributed by atoms with Gasteiger partial charge in [-0.2, -0.15) is 0 Å². The zero-order chi connectivity index (χ0) is 16.9. The molecule has 0 spiro atoms. The minimum Gasteiger partial charge on any atom is -0.444 e. The highest BCUT2D eigenvalue weighted by Gasteiger charge is 2.17. The van der Waals surface area contributed by atoms with E-state index in [2.05, 4.69) is 12.7 Å². The first kappa shape index (κ1) is 19.4. The number of allylic oxidation sites excluding steroid dienone is 1. The van der Waals surface area contributed by atoms with Crippen LogP contribution in [-0.4, -0.2) is 16.2 Å². The number of amides is 1. The Bertz CT molecular complexity index is 521. The molecule has 0 heterocycles. The van der Waals surface area contributed by atoms with E-state index in [1.165, 1.54) is 31.2 Å². The number of hydrogen-bond acceptors (Lipinski definition) is 3. The van der Waals surface area contributed by atoms with Gasteiger partial charge in [-0.1, -0.05) is 56.5 Å². The molecule has 0 unspecified atom stereocenters. The molecule has 0 atom stereocenters. The zero-order valence-corrected chi connectivity index (χ0v) is 15.2. The van der Waals surface area contributed by atoms with Gasteiger partial charge in [0.05, 0.1) is 5.70 Å². The fraction of sp³-hybridized carbons (Fsp3) is 0.474. The Hall–Kier alpha value is -1.64. The smallest absolute Gasteiger partial charge is 0.425 e. The number of rotatable bonds is 9. The van der Waals surface area contributed by atoms with Crippen LogP contribution in [0, 0.1) is 0 Å². The number of carbonyl (C=O) groups excluding carboxylic acids is 1. The number of benzene rings is 1. The summed E-state index contributed by atoms with van der Waals surface area (Å²) in [5, 5.41) is 0. The predicted molar refractivity (Wildman–Crippen MR) is 98.0 cm³/mol. The van der Waals surface area contributed by atoms with Crippen molar-refractivity contribution in [3.63, 3.8) is 0 Å². The lowest BCUT2D eigenvalue weighted by molar-refractivity contribution is 0.127. The van der Waals surface area contributed by atoms with Crippen molar-refractivity contribution in [3.05, 3.63) is 53.4 Å². The molecule has 0 fully saturated rings. The van der Waals surface area contributed by atoms with Crippen LogP contribution in [0.4, 0.5) is 4.79 Å². The summed E-state index contributed by atoms with van der Waals surface area (Å²) < 4.78 is 7.03. The first-order valence-electron chi connectivity index (χ1n) is 8.20. The molecule has 0 saturated heterocycles. The topological polar surface area (TPSA) is 29.5 Å². The normalized spacial score (nSPS) is 9.87. The molecule has 1 aromatic rings. The summed E-state index contributed by atoms with van der Waals surface area (Å²) in [6.45, 7) is 6.25. The molecule has 0 radical (unpaired) electrons. The van der Waals surface area contributed by atoms with Crippen LogP contribution in [0.15, 0.2) is 47.8 Å². The van der Waals surface area contributed by atoms with Crippen molar-refractivity contribution in [3.8, 4) is 0 Å². The number of carbonyl (C=O) groups is 1. The van der Waals surface area contributed by atoms with Gasteiger partial charge in [0.25, 0.3) is 0 Å². The summed E-state index contributed by atoms with van der Waals surface area (Å²) in [6, 6.07) is 9.72. The summed E-state index contributed by atoms with van der Waals surface area (Å²) in [6.07, 6.45) is 6.23. The molecule has 0 saturated carbocycles. The molecule has 0 N–H and O–H groups in total. The van der Waals surface area contributed by atoms with Gasteiger partial charge in [0.1, 0.15) is 6.61 Å². The minimum absolute atomic E-state index is 0.287. The highest BCUT2D eigenvalue weighted by atomic mass is 32.2. The summed E-state index contributed by atoms with van der Waals surface area (Å²) >= 11 is 1.50. The van der Waals surface area contributed by atoms with E-state index < -0.39 is 0 Å². The van der Waals surface area contributed by atoms with Crippen molar-refractivity contribution in [1.82, 2.24) is 4.31 Å². The Kier molecular flexibility index (Phi) is 10.0. The molecule has 0 aliphatic carbocycles. The van der Waals surface area contributed by atoms with Crippen LogP contribution >= 0.6 is 11.9 Å². The zero-order valence-electron chi connectivity index (χ0n) is 14.4. The third-order valence-electron chi connectivity index (χ3n) is 3.25. The highest BCUT2D eigenvalue weighted by Crippen LogP contribution is 2.21. The van der Waals surface area contributed by atoms with Crippen LogP contribution in [-0.2, 0) is 11.3 Å². The van der Waals surface area contributed by atoms with Crippen LogP contribution < -0.4 is 0 Å². The number of hydrogen-bond donors (Lipinski definition) is 0. The number of unbranched alkanes of at least 4 members (excludes halogenated alkanes) is 3. The summed E-state index contributed by atoms with van der Waals surface area (Å²) in [5.41, 5.74) is 4.83. The Morgan fingerprint density at radius 1 is 1.26 bits per heavy atom. The summed E-state index contributed by atoms with van der Waals surface area (Å²) in [5.74, 6) is 0.906. The third kappa shape index (κ3) is 7.96. The molecule has 1 amide bonds. The van der Waals surface area contributed by atoms with E-state index >= 15 is 0 Å². The SMILES string of the molecule is CC=C=C(C)N(SCCCCCC)C(=O)OCc1ccccc1. The minimum atomic E-state index is -0.332. The second-order valence-electron chi connectivity index (χ2n) is 5.25. The maximum atomic E-state index is 12.4. The predicted octanol–water partition coefficient (Wildman–Crippen LogP) is 5.93. The summed E-state index contributed by atoms with van der Waals surface area (Å²) in [7, 11) is 0. The van der Waals surface area contributed by atoms with Gasteiger partial charge in [0.15, 0.2) is 0 Å². The molecule has 23 heavy (non-hydrogen) atoms. The molecule has 3 nitrogen and oxygen atoms in total. The quantitative estimate of drug-likeness (QED) is 0.318. The first-order chi connectivity index (χ1) is 11.2. The maximum Gasteiger partial charge on any atom is 0.425 e. The molecule has 0 aliphatic rings. The molecular formula is C19H27NO2S. The summed E-state index contributed by atoms with van der Waals surface area (Å²) in [4.78, 5) is 12.4. The lowest BCUT2D eigenvalue weighted by Gasteiger charge is -2.20. The van der Waals surface area contributed by atoms with Crippen LogP contribution in [0.2, 0.25) is 0 Å². The van der Waals surface area contributed by atoms with E-state index in [0.29, 0.717) is 0 Å². The second-order valence-corrected chi connectivity index (χ2v) is 6.28. The van der Waals surface area contributed by atoms with E-state index in [1.54, 1.807) is 4.31 Å². The van der Waals surface area contributed by atoms with E-state index in [4.69, 9.17) is 4.74 Å². The number of nitrogens with zero attached hydrogens (tertiary/aromatic N) is 1. The van der Waals surface area contributed by atoms with E-state index in [0.717, 1.165) is 23.4 Å². The molecule has 1 aromatic carbocycles. The molecule has 126 valence electrons.